The van der Waals surface area contributed by atoms with Crippen molar-refractivity contribution in [1.82, 2.24) is 19.4 Å². The van der Waals surface area contributed by atoms with Crippen LogP contribution in [0, 0.1) is 5.82 Å². The largest absolute Gasteiger partial charge is 0.392 e. The second-order valence-electron chi connectivity index (χ2n) is 7.08. The number of aliphatic hydroxyl groups is 1. The van der Waals surface area contributed by atoms with E-state index in [1.54, 1.807) is 18.3 Å². The maximum Gasteiger partial charge on any atom is 0.226 e. The minimum atomic E-state index is -0.303. The van der Waals surface area contributed by atoms with Crippen LogP contribution in [-0.2, 0) is 11.3 Å². The van der Waals surface area contributed by atoms with Crippen LogP contribution < -0.4 is 4.90 Å². The number of aliphatic hydroxyl groups excluding tert-OH is 1. The Balaban J connectivity index is 1.69. The molecule has 8 heteroatoms. The molecule has 0 radical (unpaired) electrons. The molecular weight excluding hydrogens is 385 g/mol. The summed E-state index contributed by atoms with van der Waals surface area (Å²) in [6.07, 6.45) is 3.61. The van der Waals surface area contributed by atoms with Gasteiger partial charge in [-0.05, 0) is 48.0 Å². The average Bonchev–Trinajstić information content (AvgIpc) is 3.19. The lowest BCUT2D eigenvalue weighted by atomic mass is 10.1. The van der Waals surface area contributed by atoms with Crippen molar-refractivity contribution >= 4 is 11.6 Å². The summed E-state index contributed by atoms with van der Waals surface area (Å²) in [5, 5.41) is 9.50. The van der Waals surface area contributed by atoms with Crippen molar-refractivity contribution in [3.8, 4) is 22.6 Å². The number of pyridine rings is 1. The molecule has 0 spiro atoms. The first kappa shape index (κ1) is 18.7. The Labute approximate surface area is 172 Å². The van der Waals surface area contributed by atoms with Crippen molar-refractivity contribution in [2.75, 3.05) is 31.2 Å². The Bertz CT molecular complexity index is 1190. The Morgan fingerprint density at radius 2 is 1.83 bits per heavy atom. The summed E-state index contributed by atoms with van der Waals surface area (Å²) in [4.78, 5) is 16.1. The van der Waals surface area contributed by atoms with Gasteiger partial charge in [-0.1, -0.05) is 0 Å². The SMILES string of the molecule is OCc1ccn2c(-c3ccnc(N4CCOCC4)n3)c(-c3ccc(F)cc3)nc2c1. The summed E-state index contributed by atoms with van der Waals surface area (Å²) in [7, 11) is 0. The van der Waals surface area contributed by atoms with Crippen LogP contribution in [0.25, 0.3) is 28.3 Å². The van der Waals surface area contributed by atoms with Gasteiger partial charge in [0.15, 0.2) is 0 Å². The Morgan fingerprint density at radius 3 is 2.60 bits per heavy atom. The number of aromatic nitrogens is 4. The van der Waals surface area contributed by atoms with Crippen LogP contribution in [0.2, 0.25) is 0 Å². The molecule has 4 aromatic rings. The molecule has 4 heterocycles. The number of ether oxygens (including phenoxy) is 1. The number of rotatable bonds is 4. The monoisotopic (exact) mass is 405 g/mol. The van der Waals surface area contributed by atoms with Crippen LogP contribution >= 0.6 is 0 Å². The van der Waals surface area contributed by atoms with Crippen LogP contribution in [0.4, 0.5) is 10.3 Å². The van der Waals surface area contributed by atoms with Gasteiger partial charge >= 0.3 is 0 Å². The van der Waals surface area contributed by atoms with Crippen molar-refractivity contribution in [1.29, 1.82) is 0 Å². The highest BCUT2D eigenvalue weighted by molar-refractivity contribution is 5.80. The van der Waals surface area contributed by atoms with Crippen molar-refractivity contribution in [3.05, 3.63) is 66.2 Å². The van der Waals surface area contributed by atoms with Crippen LogP contribution in [0.5, 0.6) is 0 Å². The number of benzene rings is 1. The van der Waals surface area contributed by atoms with E-state index >= 15 is 0 Å². The summed E-state index contributed by atoms with van der Waals surface area (Å²) in [5.74, 6) is 0.339. The van der Waals surface area contributed by atoms with E-state index in [2.05, 4.69) is 9.88 Å². The zero-order valence-electron chi connectivity index (χ0n) is 16.2. The number of halogens is 1. The topological polar surface area (TPSA) is 75.8 Å². The third kappa shape index (κ3) is 3.40. The fourth-order valence-corrected chi connectivity index (χ4v) is 3.64. The van der Waals surface area contributed by atoms with E-state index in [1.807, 2.05) is 28.8 Å². The molecule has 0 saturated carbocycles. The highest BCUT2D eigenvalue weighted by Crippen LogP contribution is 2.32. The predicted octanol–water partition coefficient (Wildman–Crippen LogP) is 2.93. The quantitative estimate of drug-likeness (QED) is 0.563. The van der Waals surface area contributed by atoms with Crippen molar-refractivity contribution in [2.45, 2.75) is 6.61 Å². The Kier molecular flexibility index (Phi) is 4.86. The fraction of sp³-hybridized carbons (Fsp3) is 0.227. The number of anilines is 1. The second-order valence-corrected chi connectivity index (χ2v) is 7.08. The van der Waals surface area contributed by atoms with Gasteiger partial charge in [0.05, 0.1) is 36.9 Å². The number of hydrogen-bond donors (Lipinski definition) is 1. The van der Waals surface area contributed by atoms with Crippen molar-refractivity contribution < 1.29 is 14.2 Å². The number of imidazole rings is 1. The van der Waals surface area contributed by atoms with E-state index in [0.717, 1.165) is 35.6 Å². The van der Waals surface area contributed by atoms with Gasteiger partial charge in [-0.3, -0.25) is 4.40 Å². The van der Waals surface area contributed by atoms with Gasteiger partial charge in [0.1, 0.15) is 11.5 Å². The molecular formula is C22H20FN5O2. The van der Waals surface area contributed by atoms with Crippen LogP contribution in [0.15, 0.2) is 54.9 Å². The van der Waals surface area contributed by atoms with E-state index in [9.17, 15) is 9.50 Å². The lowest BCUT2D eigenvalue weighted by Crippen LogP contribution is -2.37. The average molecular weight is 405 g/mol. The van der Waals surface area contributed by atoms with Gasteiger partial charge in [0.2, 0.25) is 5.95 Å². The summed E-state index contributed by atoms with van der Waals surface area (Å²) >= 11 is 0. The molecule has 0 atom stereocenters. The second kappa shape index (κ2) is 7.81. The molecule has 1 N–H and O–H groups in total. The Hall–Kier alpha value is -3.36. The molecule has 0 aliphatic carbocycles. The van der Waals surface area contributed by atoms with E-state index in [4.69, 9.17) is 14.7 Å². The standard InChI is InChI=1S/C22H20FN5O2/c23-17-3-1-16(2-4-17)20-21(28-8-6-15(14-29)13-19(28)26-20)18-5-7-24-22(25-18)27-9-11-30-12-10-27/h1-8,13,29H,9-12,14H2. The van der Waals surface area contributed by atoms with Crippen molar-refractivity contribution in [3.63, 3.8) is 0 Å². The molecule has 1 aromatic carbocycles. The molecule has 0 unspecified atom stereocenters. The summed E-state index contributed by atoms with van der Waals surface area (Å²) in [6.45, 7) is 2.70. The van der Waals surface area contributed by atoms with Gasteiger partial charge in [0.25, 0.3) is 0 Å². The van der Waals surface area contributed by atoms with Crippen LogP contribution in [0.1, 0.15) is 5.56 Å². The fourth-order valence-electron chi connectivity index (χ4n) is 3.64. The maximum atomic E-state index is 13.5. The summed E-state index contributed by atoms with van der Waals surface area (Å²) in [5.41, 5.74) is 4.43. The smallest absolute Gasteiger partial charge is 0.226 e. The molecule has 152 valence electrons. The molecule has 3 aromatic heterocycles. The highest BCUT2D eigenvalue weighted by Gasteiger charge is 2.20. The number of hydrogen-bond acceptors (Lipinski definition) is 6. The number of morpholine rings is 1. The summed E-state index contributed by atoms with van der Waals surface area (Å²) < 4.78 is 20.9. The number of nitrogens with zero attached hydrogens (tertiary/aromatic N) is 5. The first-order chi connectivity index (χ1) is 14.7. The minimum absolute atomic E-state index is 0.0702. The van der Waals surface area contributed by atoms with Gasteiger partial charge in [-0.15, -0.1) is 0 Å². The van der Waals surface area contributed by atoms with Gasteiger partial charge < -0.3 is 14.7 Å². The van der Waals surface area contributed by atoms with E-state index in [1.165, 1.54) is 12.1 Å². The van der Waals surface area contributed by atoms with Gasteiger partial charge in [0, 0.05) is 31.0 Å². The third-order valence-corrected chi connectivity index (χ3v) is 5.17. The van der Waals surface area contributed by atoms with Gasteiger partial charge in [-0.2, -0.15) is 0 Å². The first-order valence-corrected chi connectivity index (χ1v) is 9.77. The van der Waals surface area contributed by atoms with E-state index in [0.29, 0.717) is 30.5 Å². The van der Waals surface area contributed by atoms with Crippen molar-refractivity contribution in [2.24, 2.45) is 0 Å². The highest BCUT2D eigenvalue weighted by atomic mass is 19.1. The molecule has 5 rings (SSSR count). The molecule has 7 nitrogen and oxygen atoms in total. The normalized spacial score (nSPS) is 14.4. The number of fused-ring (bicyclic) bond motifs is 1. The molecule has 0 bridgehead atoms. The van der Waals surface area contributed by atoms with E-state index in [-0.39, 0.29) is 12.4 Å². The lowest BCUT2D eigenvalue weighted by Gasteiger charge is -2.26. The molecule has 1 aliphatic heterocycles. The maximum absolute atomic E-state index is 13.5. The van der Waals surface area contributed by atoms with E-state index < -0.39 is 0 Å². The predicted molar refractivity (Wildman–Crippen MR) is 111 cm³/mol. The van der Waals surface area contributed by atoms with Gasteiger partial charge in [-0.25, -0.2) is 19.3 Å². The summed E-state index contributed by atoms with van der Waals surface area (Å²) in [6, 6.07) is 11.8. The zero-order chi connectivity index (χ0) is 20.5. The molecule has 30 heavy (non-hydrogen) atoms. The molecule has 1 saturated heterocycles. The third-order valence-electron chi connectivity index (χ3n) is 5.17. The van der Waals surface area contributed by atoms with Crippen LogP contribution in [0.3, 0.4) is 0 Å². The minimum Gasteiger partial charge on any atom is -0.392 e. The lowest BCUT2D eigenvalue weighted by molar-refractivity contribution is 0.122. The first-order valence-electron chi connectivity index (χ1n) is 9.77. The molecule has 1 fully saturated rings. The molecule has 0 amide bonds. The van der Waals surface area contributed by atoms with Crippen LogP contribution in [-0.4, -0.2) is 50.8 Å². The molecule has 1 aliphatic rings. The zero-order valence-corrected chi connectivity index (χ0v) is 16.2. The Morgan fingerprint density at radius 1 is 1.03 bits per heavy atom.